The maximum absolute atomic E-state index is 13.6. The summed E-state index contributed by atoms with van der Waals surface area (Å²) in [4.78, 5) is 36.0. The first-order chi connectivity index (χ1) is 15.9. The Kier molecular flexibility index (Phi) is 5.60. The highest BCUT2D eigenvalue weighted by Gasteiger charge is 2.31. The van der Waals surface area contributed by atoms with E-state index in [4.69, 9.17) is 11.6 Å². The van der Waals surface area contributed by atoms with E-state index in [0.29, 0.717) is 35.4 Å². The third-order valence-electron chi connectivity index (χ3n) is 6.41. The number of aliphatic hydroxyl groups is 1. The molecule has 0 aliphatic carbocycles. The van der Waals surface area contributed by atoms with Crippen LogP contribution in [0.15, 0.2) is 59.8 Å². The monoisotopic (exact) mass is 462 g/mol. The van der Waals surface area contributed by atoms with Crippen molar-refractivity contribution in [2.24, 2.45) is 0 Å². The van der Waals surface area contributed by atoms with Crippen molar-refractivity contribution in [3.05, 3.63) is 81.6 Å². The van der Waals surface area contributed by atoms with Crippen molar-refractivity contribution in [3.8, 4) is 0 Å². The highest BCUT2D eigenvalue weighted by Crippen LogP contribution is 2.29. The van der Waals surface area contributed by atoms with E-state index in [9.17, 15) is 14.7 Å². The van der Waals surface area contributed by atoms with Crippen molar-refractivity contribution in [3.63, 3.8) is 0 Å². The van der Waals surface area contributed by atoms with Gasteiger partial charge >= 0.3 is 0 Å². The van der Waals surface area contributed by atoms with E-state index in [2.05, 4.69) is 9.97 Å². The van der Waals surface area contributed by atoms with E-state index in [1.54, 1.807) is 17.2 Å². The number of carbonyl (C=O) groups excluding carboxylic acids is 1. The van der Waals surface area contributed by atoms with Crippen LogP contribution in [-0.4, -0.2) is 49.6 Å². The molecule has 7 nitrogen and oxygen atoms in total. The molecule has 0 unspecified atom stereocenters. The first-order valence-corrected chi connectivity index (χ1v) is 11.3. The van der Waals surface area contributed by atoms with E-state index in [0.717, 1.165) is 21.9 Å². The molecule has 0 saturated carbocycles. The van der Waals surface area contributed by atoms with Crippen LogP contribution in [0.2, 0.25) is 5.15 Å². The van der Waals surface area contributed by atoms with E-state index in [1.165, 1.54) is 17.8 Å². The zero-order valence-corrected chi connectivity index (χ0v) is 18.9. The van der Waals surface area contributed by atoms with E-state index < -0.39 is 12.1 Å². The second-order valence-electron chi connectivity index (χ2n) is 8.49. The second kappa shape index (κ2) is 8.57. The fraction of sp³-hybridized carbons (Fsp3) is 0.280. The Morgan fingerprint density at radius 3 is 2.67 bits per heavy atom. The van der Waals surface area contributed by atoms with Crippen molar-refractivity contribution in [2.45, 2.75) is 31.9 Å². The predicted molar refractivity (Wildman–Crippen MR) is 127 cm³/mol. The first kappa shape index (κ1) is 21.6. The van der Waals surface area contributed by atoms with Gasteiger partial charge in [0.2, 0.25) is 5.91 Å². The third-order valence-corrected chi connectivity index (χ3v) is 6.63. The van der Waals surface area contributed by atoms with Crippen LogP contribution in [0.4, 0.5) is 0 Å². The van der Waals surface area contributed by atoms with E-state index >= 15 is 0 Å². The van der Waals surface area contributed by atoms with Crippen molar-refractivity contribution in [2.75, 3.05) is 13.1 Å². The van der Waals surface area contributed by atoms with Gasteiger partial charge in [0.25, 0.3) is 5.56 Å². The Hall–Kier alpha value is -3.29. The molecule has 0 radical (unpaired) electrons. The van der Waals surface area contributed by atoms with Crippen LogP contribution < -0.4 is 5.56 Å². The smallest absolute Gasteiger partial charge is 0.261 e. The SMILES string of the molecule is CC(=O)N1CC[C@H](O)[C@@H](n2cnc3c(cc(Cc4ccc(Cl)nc4)c4ccccc43)c2=O)C1. The molecule has 2 aromatic carbocycles. The number of likely N-dealkylation sites (tertiary alicyclic amines) is 1. The van der Waals surface area contributed by atoms with E-state index in [-0.39, 0.29) is 18.0 Å². The Morgan fingerprint density at radius 2 is 1.94 bits per heavy atom. The van der Waals surface area contributed by atoms with Gasteiger partial charge in [0.1, 0.15) is 5.15 Å². The molecule has 1 aliphatic heterocycles. The quantitative estimate of drug-likeness (QED) is 0.372. The fourth-order valence-corrected chi connectivity index (χ4v) is 4.75. The molecule has 3 heterocycles. The minimum absolute atomic E-state index is 0.0708. The Balaban J connectivity index is 1.66. The van der Waals surface area contributed by atoms with Crippen molar-refractivity contribution in [1.82, 2.24) is 19.4 Å². The largest absolute Gasteiger partial charge is 0.391 e. The minimum Gasteiger partial charge on any atom is -0.391 e. The van der Waals surface area contributed by atoms with Crippen molar-refractivity contribution in [1.29, 1.82) is 0 Å². The van der Waals surface area contributed by atoms with Crippen LogP contribution in [0.1, 0.15) is 30.5 Å². The molecule has 4 aromatic rings. The summed E-state index contributed by atoms with van der Waals surface area (Å²) in [5.74, 6) is -0.0708. The lowest BCUT2D eigenvalue weighted by molar-refractivity contribution is -0.132. The van der Waals surface area contributed by atoms with Gasteiger partial charge in [-0.25, -0.2) is 9.97 Å². The number of benzene rings is 2. The summed E-state index contributed by atoms with van der Waals surface area (Å²) in [5, 5.41) is 13.4. The number of halogens is 1. The average molecular weight is 463 g/mol. The van der Waals surface area contributed by atoms with Gasteiger partial charge in [0, 0.05) is 31.6 Å². The number of hydrogen-bond acceptors (Lipinski definition) is 5. The number of aliphatic hydroxyl groups excluding tert-OH is 1. The molecule has 2 atom stereocenters. The summed E-state index contributed by atoms with van der Waals surface area (Å²) in [6, 6.07) is 12.9. The molecule has 1 aliphatic rings. The number of fused-ring (bicyclic) bond motifs is 3. The molecule has 8 heteroatoms. The predicted octanol–water partition coefficient (Wildman–Crippen LogP) is 3.34. The number of nitrogens with zero attached hydrogens (tertiary/aromatic N) is 4. The van der Waals surface area contributed by atoms with Gasteiger partial charge in [-0.1, -0.05) is 41.9 Å². The van der Waals surface area contributed by atoms with Crippen LogP contribution in [0, 0.1) is 0 Å². The number of carbonyl (C=O) groups is 1. The summed E-state index contributed by atoms with van der Waals surface area (Å²) in [5.41, 5.74) is 2.36. The number of aromatic nitrogens is 3. The van der Waals surface area contributed by atoms with Gasteiger partial charge in [0.05, 0.1) is 29.4 Å². The number of hydrogen-bond donors (Lipinski definition) is 1. The molecule has 0 spiro atoms. The molecule has 33 heavy (non-hydrogen) atoms. The number of rotatable bonds is 3. The normalized spacial score (nSPS) is 18.7. The molecular weight excluding hydrogens is 440 g/mol. The summed E-state index contributed by atoms with van der Waals surface area (Å²) in [6.45, 7) is 2.26. The molecule has 1 N–H and O–H groups in total. The van der Waals surface area contributed by atoms with Crippen LogP contribution in [-0.2, 0) is 11.2 Å². The van der Waals surface area contributed by atoms with Gasteiger partial charge in [-0.05, 0) is 41.5 Å². The zero-order chi connectivity index (χ0) is 23.1. The van der Waals surface area contributed by atoms with Gasteiger partial charge in [0.15, 0.2) is 0 Å². The zero-order valence-electron chi connectivity index (χ0n) is 18.1. The van der Waals surface area contributed by atoms with Gasteiger partial charge in [-0.3, -0.25) is 14.2 Å². The molecule has 0 bridgehead atoms. The highest BCUT2D eigenvalue weighted by atomic mass is 35.5. The summed E-state index contributed by atoms with van der Waals surface area (Å²) in [7, 11) is 0. The topological polar surface area (TPSA) is 88.3 Å². The molecule has 1 amide bonds. The molecule has 2 aromatic heterocycles. The standard InChI is InChI=1S/C25H23ClN4O3/c1-15(31)29-9-8-22(32)21(13-29)30-14-28-24-19-5-3-2-4-18(19)17(11-20(24)25(30)33)10-16-6-7-23(26)27-12-16/h2-7,11-12,14,21-22,32H,8-10,13H2,1H3/t21-,22-/m0/s1. The van der Waals surface area contributed by atoms with Crippen molar-refractivity contribution >= 4 is 39.2 Å². The van der Waals surface area contributed by atoms with Crippen LogP contribution in [0.3, 0.4) is 0 Å². The van der Waals surface area contributed by atoms with Gasteiger partial charge in [-0.15, -0.1) is 0 Å². The number of pyridine rings is 1. The maximum atomic E-state index is 13.6. The fourth-order valence-electron chi connectivity index (χ4n) is 4.64. The Morgan fingerprint density at radius 1 is 1.15 bits per heavy atom. The molecule has 5 rings (SSSR count). The lowest BCUT2D eigenvalue weighted by Gasteiger charge is -2.36. The lowest BCUT2D eigenvalue weighted by atomic mass is 9.96. The molecule has 1 fully saturated rings. The summed E-state index contributed by atoms with van der Waals surface area (Å²) >= 11 is 5.93. The lowest BCUT2D eigenvalue weighted by Crippen LogP contribution is -2.48. The number of piperidine rings is 1. The third kappa shape index (κ3) is 3.98. The first-order valence-electron chi connectivity index (χ1n) is 10.9. The summed E-state index contributed by atoms with van der Waals surface area (Å²) < 4.78 is 1.48. The highest BCUT2D eigenvalue weighted by molar-refractivity contribution is 6.29. The van der Waals surface area contributed by atoms with Crippen LogP contribution >= 0.6 is 11.6 Å². The van der Waals surface area contributed by atoms with Gasteiger partial charge < -0.3 is 10.0 Å². The average Bonchev–Trinajstić information content (AvgIpc) is 2.82. The molecule has 168 valence electrons. The van der Waals surface area contributed by atoms with Crippen LogP contribution in [0.5, 0.6) is 0 Å². The van der Waals surface area contributed by atoms with E-state index in [1.807, 2.05) is 36.4 Å². The van der Waals surface area contributed by atoms with Gasteiger partial charge in [-0.2, -0.15) is 0 Å². The maximum Gasteiger partial charge on any atom is 0.261 e. The minimum atomic E-state index is -0.724. The molecule has 1 saturated heterocycles. The number of amides is 1. The van der Waals surface area contributed by atoms with Crippen LogP contribution in [0.25, 0.3) is 21.7 Å². The Bertz CT molecular complexity index is 1420. The Labute approximate surface area is 195 Å². The second-order valence-corrected chi connectivity index (χ2v) is 8.88. The summed E-state index contributed by atoms with van der Waals surface area (Å²) in [6.07, 6.45) is 3.51. The molecular formula is C25H23ClN4O3. The van der Waals surface area contributed by atoms with Crippen molar-refractivity contribution < 1.29 is 9.90 Å².